The molecule has 0 aliphatic carbocycles. The maximum absolute atomic E-state index is 12.2. The molecule has 1 aromatic rings. The number of rotatable bonds is 2. The lowest BCUT2D eigenvalue weighted by atomic mass is 10.0. The molecule has 3 heterocycles. The third-order valence-corrected chi connectivity index (χ3v) is 4.13. The number of hydrogen-bond donors (Lipinski definition) is 1. The molecule has 2 unspecified atom stereocenters. The lowest BCUT2D eigenvalue weighted by Gasteiger charge is -2.29. The average Bonchev–Trinajstić information content (AvgIpc) is 3.01. The highest BCUT2D eigenvalue weighted by Crippen LogP contribution is 2.26. The SMILES string of the molecule is Cn1ccnc(N2CCCC2C2CCCN2)c1=O. The third-order valence-electron chi connectivity index (χ3n) is 4.13. The van der Waals surface area contributed by atoms with Gasteiger partial charge in [-0.3, -0.25) is 4.79 Å². The van der Waals surface area contributed by atoms with E-state index in [1.54, 1.807) is 24.0 Å². The lowest BCUT2D eigenvalue weighted by Crippen LogP contribution is -2.46. The van der Waals surface area contributed by atoms with Crippen LogP contribution in [-0.2, 0) is 7.05 Å². The van der Waals surface area contributed by atoms with E-state index in [0.717, 1.165) is 25.9 Å². The monoisotopic (exact) mass is 248 g/mol. The Morgan fingerprint density at radius 3 is 3.06 bits per heavy atom. The highest BCUT2D eigenvalue weighted by atomic mass is 16.1. The molecule has 0 radical (unpaired) electrons. The summed E-state index contributed by atoms with van der Waals surface area (Å²) in [6.07, 6.45) is 8.21. The summed E-state index contributed by atoms with van der Waals surface area (Å²) in [6, 6.07) is 0.967. The van der Waals surface area contributed by atoms with Crippen molar-refractivity contribution in [3.63, 3.8) is 0 Å². The van der Waals surface area contributed by atoms with Gasteiger partial charge in [0.05, 0.1) is 0 Å². The molecule has 98 valence electrons. The Morgan fingerprint density at radius 1 is 1.39 bits per heavy atom. The number of anilines is 1. The molecule has 2 saturated heterocycles. The Labute approximate surface area is 107 Å². The van der Waals surface area contributed by atoms with Gasteiger partial charge in [-0.1, -0.05) is 0 Å². The molecule has 1 N–H and O–H groups in total. The van der Waals surface area contributed by atoms with Gasteiger partial charge in [0.25, 0.3) is 5.56 Å². The van der Waals surface area contributed by atoms with E-state index in [1.807, 2.05) is 0 Å². The Bertz CT molecular complexity index is 478. The summed E-state index contributed by atoms with van der Waals surface area (Å²) < 4.78 is 1.61. The van der Waals surface area contributed by atoms with Gasteiger partial charge in [-0.2, -0.15) is 0 Å². The smallest absolute Gasteiger partial charge is 0.293 e. The van der Waals surface area contributed by atoms with Crippen molar-refractivity contribution in [1.29, 1.82) is 0 Å². The summed E-state index contributed by atoms with van der Waals surface area (Å²) >= 11 is 0. The van der Waals surface area contributed by atoms with Crippen LogP contribution in [0.5, 0.6) is 0 Å². The molecule has 2 aliphatic rings. The zero-order valence-corrected chi connectivity index (χ0v) is 10.8. The van der Waals surface area contributed by atoms with Crippen LogP contribution in [0.1, 0.15) is 25.7 Å². The molecular weight excluding hydrogens is 228 g/mol. The maximum Gasteiger partial charge on any atom is 0.293 e. The summed E-state index contributed by atoms with van der Waals surface area (Å²) in [5.41, 5.74) is 0.0161. The second-order valence-corrected chi connectivity index (χ2v) is 5.27. The molecule has 3 rings (SSSR count). The van der Waals surface area contributed by atoms with E-state index < -0.39 is 0 Å². The number of nitrogens with one attached hydrogen (secondary N) is 1. The van der Waals surface area contributed by atoms with E-state index in [4.69, 9.17) is 0 Å². The largest absolute Gasteiger partial charge is 0.347 e. The van der Waals surface area contributed by atoms with Crippen molar-refractivity contribution in [1.82, 2.24) is 14.9 Å². The zero-order valence-electron chi connectivity index (χ0n) is 10.8. The fourth-order valence-corrected chi connectivity index (χ4v) is 3.20. The number of aromatic nitrogens is 2. The summed E-state index contributed by atoms with van der Waals surface area (Å²) in [5.74, 6) is 0.621. The first kappa shape index (κ1) is 11.7. The van der Waals surface area contributed by atoms with Gasteiger partial charge in [0, 0.05) is 38.1 Å². The fraction of sp³-hybridized carbons (Fsp3) is 0.692. The molecule has 0 bridgehead atoms. The first-order valence-corrected chi connectivity index (χ1v) is 6.79. The van der Waals surface area contributed by atoms with Gasteiger partial charge < -0.3 is 14.8 Å². The molecule has 2 fully saturated rings. The molecule has 2 atom stereocenters. The van der Waals surface area contributed by atoms with Crippen LogP contribution in [-0.4, -0.2) is 34.7 Å². The van der Waals surface area contributed by atoms with E-state index >= 15 is 0 Å². The molecular formula is C13H20N4O. The van der Waals surface area contributed by atoms with Crippen molar-refractivity contribution in [3.05, 3.63) is 22.7 Å². The first-order chi connectivity index (χ1) is 8.77. The third kappa shape index (κ3) is 1.92. The molecule has 0 aromatic carbocycles. The van der Waals surface area contributed by atoms with Crippen LogP contribution in [0, 0.1) is 0 Å². The van der Waals surface area contributed by atoms with Crippen molar-refractivity contribution < 1.29 is 0 Å². The molecule has 5 heteroatoms. The minimum Gasteiger partial charge on any atom is -0.347 e. The fourth-order valence-electron chi connectivity index (χ4n) is 3.20. The molecule has 0 spiro atoms. The predicted molar refractivity (Wildman–Crippen MR) is 70.9 cm³/mol. The molecule has 0 saturated carbocycles. The van der Waals surface area contributed by atoms with Crippen molar-refractivity contribution in [3.8, 4) is 0 Å². The van der Waals surface area contributed by atoms with Gasteiger partial charge in [0.2, 0.25) is 0 Å². The highest BCUT2D eigenvalue weighted by Gasteiger charge is 2.34. The standard InChI is InChI=1S/C13H20N4O/c1-16-9-7-15-12(13(16)18)17-8-3-5-11(17)10-4-2-6-14-10/h7,9-11,14H,2-6,8H2,1H3. The normalized spacial score (nSPS) is 27.9. The van der Waals surface area contributed by atoms with Gasteiger partial charge in [-0.15, -0.1) is 0 Å². The van der Waals surface area contributed by atoms with Crippen LogP contribution in [0.15, 0.2) is 17.2 Å². The van der Waals surface area contributed by atoms with Crippen molar-refractivity contribution in [2.75, 3.05) is 18.0 Å². The molecule has 2 aliphatic heterocycles. The van der Waals surface area contributed by atoms with E-state index in [0.29, 0.717) is 17.9 Å². The van der Waals surface area contributed by atoms with Crippen molar-refractivity contribution in [2.45, 2.75) is 37.8 Å². The van der Waals surface area contributed by atoms with Crippen LogP contribution in [0.25, 0.3) is 0 Å². The number of nitrogens with zero attached hydrogens (tertiary/aromatic N) is 3. The van der Waals surface area contributed by atoms with E-state index in [2.05, 4.69) is 15.2 Å². The first-order valence-electron chi connectivity index (χ1n) is 6.79. The molecule has 5 nitrogen and oxygen atoms in total. The Balaban J connectivity index is 1.90. The lowest BCUT2D eigenvalue weighted by molar-refractivity contribution is 0.479. The summed E-state index contributed by atoms with van der Waals surface area (Å²) in [7, 11) is 1.78. The van der Waals surface area contributed by atoms with Crippen LogP contribution >= 0.6 is 0 Å². The van der Waals surface area contributed by atoms with Gasteiger partial charge in [-0.05, 0) is 32.2 Å². The highest BCUT2D eigenvalue weighted by molar-refractivity contribution is 5.39. The summed E-state index contributed by atoms with van der Waals surface area (Å²) in [4.78, 5) is 18.7. The van der Waals surface area contributed by atoms with Gasteiger partial charge in [-0.25, -0.2) is 4.98 Å². The maximum atomic E-state index is 12.2. The summed E-state index contributed by atoms with van der Waals surface area (Å²) in [6.45, 7) is 2.06. The Morgan fingerprint density at radius 2 is 2.28 bits per heavy atom. The van der Waals surface area contributed by atoms with Crippen LogP contribution in [0.2, 0.25) is 0 Å². The van der Waals surface area contributed by atoms with Crippen LogP contribution < -0.4 is 15.8 Å². The number of hydrogen-bond acceptors (Lipinski definition) is 4. The topological polar surface area (TPSA) is 50.2 Å². The summed E-state index contributed by atoms with van der Waals surface area (Å²) in [5, 5.41) is 3.55. The molecule has 1 aromatic heterocycles. The van der Waals surface area contributed by atoms with Crippen LogP contribution in [0.4, 0.5) is 5.82 Å². The predicted octanol–water partition coefficient (Wildman–Crippen LogP) is 0.501. The minimum absolute atomic E-state index is 0.0161. The Kier molecular flexibility index (Phi) is 3.07. The van der Waals surface area contributed by atoms with Gasteiger partial charge >= 0.3 is 0 Å². The van der Waals surface area contributed by atoms with Crippen molar-refractivity contribution >= 4 is 5.82 Å². The second-order valence-electron chi connectivity index (χ2n) is 5.27. The molecule has 18 heavy (non-hydrogen) atoms. The van der Waals surface area contributed by atoms with E-state index in [-0.39, 0.29) is 5.56 Å². The Hall–Kier alpha value is -1.36. The van der Waals surface area contributed by atoms with Gasteiger partial charge in [0.15, 0.2) is 5.82 Å². The zero-order chi connectivity index (χ0) is 12.5. The quantitative estimate of drug-likeness (QED) is 0.828. The van der Waals surface area contributed by atoms with Gasteiger partial charge in [0.1, 0.15) is 0 Å². The van der Waals surface area contributed by atoms with Crippen molar-refractivity contribution in [2.24, 2.45) is 7.05 Å². The second kappa shape index (κ2) is 4.72. The van der Waals surface area contributed by atoms with Crippen LogP contribution in [0.3, 0.4) is 0 Å². The molecule has 0 amide bonds. The average molecular weight is 248 g/mol. The minimum atomic E-state index is 0.0161. The van der Waals surface area contributed by atoms with E-state index in [1.165, 1.54) is 12.8 Å². The van der Waals surface area contributed by atoms with E-state index in [9.17, 15) is 4.79 Å². The number of aryl methyl sites for hydroxylation is 1.